The number of rotatable bonds is 4. The minimum Gasteiger partial charge on any atom is -0.450 e. The van der Waals surface area contributed by atoms with Crippen LogP contribution in [-0.2, 0) is 11.0 Å². The van der Waals surface area contributed by atoms with E-state index in [0.29, 0.717) is 29.5 Å². The number of ether oxygens (including phenoxy) is 1. The molecule has 0 aromatic heterocycles. The molecule has 0 unspecified atom stereocenters. The van der Waals surface area contributed by atoms with Crippen molar-refractivity contribution in [2.24, 2.45) is 0 Å². The summed E-state index contributed by atoms with van der Waals surface area (Å²) in [6, 6.07) is 7.92. The lowest BCUT2D eigenvalue weighted by Crippen LogP contribution is -2.17. The maximum absolute atomic E-state index is 12.8. The molecule has 0 bridgehead atoms. The lowest BCUT2D eigenvalue weighted by molar-refractivity contribution is -0.385. The average molecular weight is 410 g/mol. The average Bonchev–Trinajstić information content (AvgIpc) is 2.91. The monoisotopic (exact) mass is 410 g/mol. The molecule has 144 valence electrons. The molecule has 1 heterocycles. The number of carbonyl (C=O) groups is 2. The van der Waals surface area contributed by atoms with Crippen LogP contribution < -0.4 is 10.1 Å². The van der Waals surface area contributed by atoms with Gasteiger partial charge in [-0.3, -0.25) is 25.0 Å². The summed E-state index contributed by atoms with van der Waals surface area (Å²) in [5, 5.41) is 12.7. The van der Waals surface area contributed by atoms with Crippen LogP contribution in [0.15, 0.2) is 47.4 Å². The van der Waals surface area contributed by atoms with Crippen molar-refractivity contribution in [1.29, 1.82) is 0 Å². The summed E-state index contributed by atoms with van der Waals surface area (Å²) in [5.41, 5.74) is -1.55. The first-order chi connectivity index (χ1) is 13.1. The maximum Gasteiger partial charge on any atom is 0.416 e. The number of nitro benzene ring substituents is 1. The Morgan fingerprint density at radius 3 is 2.50 bits per heavy atom. The van der Waals surface area contributed by atoms with Gasteiger partial charge in [-0.1, -0.05) is 12.1 Å². The van der Waals surface area contributed by atoms with E-state index >= 15 is 0 Å². The van der Waals surface area contributed by atoms with Crippen LogP contribution in [0.25, 0.3) is 6.08 Å². The Hall–Kier alpha value is -3.34. The first-order valence-corrected chi connectivity index (χ1v) is 8.33. The van der Waals surface area contributed by atoms with Crippen LogP contribution in [0.3, 0.4) is 0 Å². The van der Waals surface area contributed by atoms with Crippen molar-refractivity contribution in [3.63, 3.8) is 0 Å². The van der Waals surface area contributed by atoms with Crippen LogP contribution in [0.5, 0.6) is 11.5 Å². The van der Waals surface area contributed by atoms with Gasteiger partial charge in [0.2, 0.25) is 5.75 Å². The fourth-order valence-corrected chi connectivity index (χ4v) is 2.97. The van der Waals surface area contributed by atoms with Gasteiger partial charge in [-0.2, -0.15) is 13.2 Å². The Morgan fingerprint density at radius 1 is 1.14 bits per heavy atom. The number of thioether (sulfide) groups is 1. The minimum absolute atomic E-state index is 0.104. The van der Waals surface area contributed by atoms with Gasteiger partial charge in [-0.05, 0) is 47.7 Å². The van der Waals surface area contributed by atoms with Crippen LogP contribution in [0.1, 0.15) is 11.1 Å². The Balaban J connectivity index is 1.90. The predicted octanol–water partition coefficient (Wildman–Crippen LogP) is 4.73. The molecule has 28 heavy (non-hydrogen) atoms. The van der Waals surface area contributed by atoms with Crippen LogP contribution in [0.2, 0.25) is 0 Å². The van der Waals surface area contributed by atoms with Crippen molar-refractivity contribution < 1.29 is 32.4 Å². The molecule has 1 saturated heterocycles. The number of nitrogens with one attached hydrogen (secondary N) is 1. The second kappa shape index (κ2) is 7.35. The third-order valence-corrected chi connectivity index (χ3v) is 4.32. The highest BCUT2D eigenvalue weighted by Gasteiger charge is 2.33. The summed E-state index contributed by atoms with van der Waals surface area (Å²) in [6.07, 6.45) is -3.31. The Labute approximate surface area is 159 Å². The lowest BCUT2D eigenvalue weighted by atomic mass is 10.1. The summed E-state index contributed by atoms with van der Waals surface area (Å²) in [5.74, 6) is -0.822. The van der Waals surface area contributed by atoms with Gasteiger partial charge < -0.3 is 4.74 Å². The summed E-state index contributed by atoms with van der Waals surface area (Å²) in [6.45, 7) is 0. The zero-order valence-corrected chi connectivity index (χ0v) is 14.5. The number of benzene rings is 2. The van der Waals surface area contributed by atoms with Gasteiger partial charge in [0.25, 0.3) is 11.1 Å². The number of alkyl halides is 3. The zero-order chi connectivity index (χ0) is 20.5. The Bertz CT molecular complexity index is 1020. The van der Waals surface area contributed by atoms with Gasteiger partial charge >= 0.3 is 11.9 Å². The van der Waals surface area contributed by atoms with Gasteiger partial charge in [0.05, 0.1) is 15.4 Å². The van der Waals surface area contributed by atoms with Crippen molar-refractivity contribution >= 4 is 34.7 Å². The van der Waals surface area contributed by atoms with Gasteiger partial charge in [0.15, 0.2) is 0 Å². The summed E-state index contributed by atoms with van der Waals surface area (Å²) < 4.78 is 43.7. The van der Waals surface area contributed by atoms with Crippen molar-refractivity contribution in [3.8, 4) is 11.5 Å². The molecule has 3 rings (SSSR count). The topological polar surface area (TPSA) is 98.5 Å². The smallest absolute Gasteiger partial charge is 0.416 e. The van der Waals surface area contributed by atoms with Crippen LogP contribution in [0.4, 0.5) is 23.7 Å². The second-order valence-corrected chi connectivity index (χ2v) is 6.48. The number of nitrogens with zero attached hydrogens (tertiary/aromatic N) is 1. The number of carbonyl (C=O) groups excluding carboxylic acids is 2. The molecule has 1 aliphatic heterocycles. The summed E-state index contributed by atoms with van der Waals surface area (Å²) in [4.78, 5) is 33.1. The molecule has 0 spiro atoms. The Kier molecular flexibility index (Phi) is 5.10. The quantitative estimate of drug-likeness (QED) is 0.445. The molecule has 0 atom stereocenters. The highest BCUT2D eigenvalue weighted by Crippen LogP contribution is 2.38. The zero-order valence-electron chi connectivity index (χ0n) is 13.6. The van der Waals surface area contributed by atoms with E-state index in [1.54, 1.807) is 6.07 Å². The van der Waals surface area contributed by atoms with Crippen molar-refractivity contribution in [2.75, 3.05) is 0 Å². The van der Waals surface area contributed by atoms with Crippen molar-refractivity contribution in [1.82, 2.24) is 5.32 Å². The fraction of sp³-hybridized carbons (Fsp3) is 0.0588. The molecule has 7 nitrogen and oxygen atoms in total. The predicted molar refractivity (Wildman–Crippen MR) is 93.7 cm³/mol. The van der Waals surface area contributed by atoms with Crippen LogP contribution >= 0.6 is 11.8 Å². The van der Waals surface area contributed by atoms with Gasteiger partial charge in [-0.25, -0.2) is 0 Å². The van der Waals surface area contributed by atoms with E-state index in [9.17, 15) is 32.9 Å². The molecule has 11 heteroatoms. The standard InChI is InChI=1S/C17H9F3N2O5S/c18-17(19,20)10-4-5-13(12(8-10)22(25)26)27-11-3-1-2-9(6-11)7-14-15(23)21-16(24)28-14/h1-8H,(H,21,23,24). The molecular formula is C17H9F3N2O5S. The van der Waals surface area contributed by atoms with E-state index in [4.69, 9.17) is 4.74 Å². The maximum atomic E-state index is 12.8. The number of nitro groups is 1. The number of imide groups is 1. The van der Waals surface area contributed by atoms with E-state index < -0.39 is 33.5 Å². The molecule has 2 amide bonds. The van der Waals surface area contributed by atoms with Crippen molar-refractivity contribution in [3.05, 3.63) is 68.6 Å². The van der Waals surface area contributed by atoms with E-state index in [0.717, 1.165) is 6.07 Å². The molecule has 0 saturated carbocycles. The Morgan fingerprint density at radius 2 is 1.89 bits per heavy atom. The molecule has 0 radical (unpaired) electrons. The molecule has 0 aliphatic carbocycles. The summed E-state index contributed by atoms with van der Waals surface area (Å²) >= 11 is 0.713. The van der Waals surface area contributed by atoms with Gasteiger partial charge in [-0.15, -0.1) is 0 Å². The van der Waals surface area contributed by atoms with Gasteiger partial charge in [0.1, 0.15) is 5.75 Å². The van der Waals surface area contributed by atoms with Gasteiger partial charge in [0, 0.05) is 6.07 Å². The van der Waals surface area contributed by atoms with E-state index in [-0.39, 0.29) is 16.4 Å². The number of halogens is 3. The van der Waals surface area contributed by atoms with E-state index in [1.807, 2.05) is 0 Å². The summed E-state index contributed by atoms with van der Waals surface area (Å²) in [7, 11) is 0. The van der Waals surface area contributed by atoms with E-state index in [1.165, 1.54) is 24.3 Å². The molecule has 2 aromatic rings. The SMILES string of the molecule is O=C1NC(=O)C(=Cc2cccc(Oc3ccc(C(F)(F)F)cc3[N+](=O)[O-])c2)S1. The molecular weight excluding hydrogens is 401 g/mol. The highest BCUT2D eigenvalue weighted by molar-refractivity contribution is 8.18. The van der Waals surface area contributed by atoms with Crippen molar-refractivity contribution in [2.45, 2.75) is 6.18 Å². The first kappa shape index (κ1) is 19.4. The molecule has 1 fully saturated rings. The lowest BCUT2D eigenvalue weighted by Gasteiger charge is -2.10. The molecule has 1 aliphatic rings. The number of hydrogen-bond acceptors (Lipinski definition) is 6. The largest absolute Gasteiger partial charge is 0.450 e. The third-order valence-electron chi connectivity index (χ3n) is 3.51. The highest BCUT2D eigenvalue weighted by atomic mass is 32.2. The van der Waals surface area contributed by atoms with Crippen LogP contribution in [-0.4, -0.2) is 16.1 Å². The molecule has 1 N–H and O–H groups in total. The molecule has 2 aromatic carbocycles. The third kappa shape index (κ3) is 4.31. The second-order valence-electron chi connectivity index (χ2n) is 5.46. The number of amides is 2. The fourth-order valence-electron chi connectivity index (χ4n) is 2.29. The first-order valence-electron chi connectivity index (χ1n) is 7.52. The number of hydrogen-bond donors (Lipinski definition) is 1. The van der Waals surface area contributed by atoms with E-state index in [2.05, 4.69) is 5.32 Å². The van der Waals surface area contributed by atoms with Crippen LogP contribution in [0, 0.1) is 10.1 Å². The minimum atomic E-state index is -4.73. The normalized spacial score (nSPS) is 15.6.